The van der Waals surface area contributed by atoms with Crippen LogP contribution < -0.4 is 0 Å². The molecule has 2 aliphatic heterocycles. The molecule has 0 N–H and O–H groups in total. The second-order valence-corrected chi connectivity index (χ2v) is 11.8. The monoisotopic (exact) mass is 589 g/mol. The van der Waals surface area contributed by atoms with Gasteiger partial charge in [-0.25, -0.2) is 4.98 Å². The van der Waals surface area contributed by atoms with Gasteiger partial charge in [-0.2, -0.15) is 13.2 Å². The largest absolute Gasteiger partial charge is 0.416 e. The van der Waals surface area contributed by atoms with E-state index in [0.717, 1.165) is 42.9 Å². The van der Waals surface area contributed by atoms with Crippen molar-refractivity contribution >= 4 is 23.2 Å². The van der Waals surface area contributed by atoms with E-state index >= 15 is 0 Å². The standard InChI is InChI=1S/C33H30F3N3O2S/c34-33(35,36)26-12-10-23(11-13-26)27-8-4-5-9-28(27)31(40)38-17-14-24(15-18-38)30-37-29(21-42-30)32(41)39-19-16-25(20-39)22-6-2-1-3-7-22/h1-13,21,24-25H,14-20H2. The Hall–Kier alpha value is -3.98. The number of piperidine rings is 1. The van der Waals surface area contributed by atoms with E-state index in [0.29, 0.717) is 47.9 Å². The fourth-order valence-corrected chi connectivity index (χ4v) is 6.90. The van der Waals surface area contributed by atoms with Crippen LogP contribution in [0.15, 0.2) is 84.2 Å². The molecule has 42 heavy (non-hydrogen) atoms. The van der Waals surface area contributed by atoms with Crippen molar-refractivity contribution in [2.75, 3.05) is 26.2 Å². The number of carbonyl (C=O) groups excluding carboxylic acids is 2. The first-order valence-electron chi connectivity index (χ1n) is 14.1. The van der Waals surface area contributed by atoms with Gasteiger partial charge in [0.05, 0.1) is 10.6 Å². The minimum absolute atomic E-state index is 0.0246. The summed E-state index contributed by atoms with van der Waals surface area (Å²) < 4.78 is 39.1. The fourth-order valence-electron chi connectivity index (χ4n) is 5.94. The fraction of sp³-hybridized carbons (Fsp3) is 0.303. The Bertz CT molecular complexity index is 1560. The molecule has 0 saturated carbocycles. The highest BCUT2D eigenvalue weighted by Gasteiger charge is 2.32. The number of rotatable bonds is 5. The number of thiazole rings is 1. The van der Waals surface area contributed by atoms with Crippen molar-refractivity contribution in [1.29, 1.82) is 0 Å². The third-order valence-electron chi connectivity index (χ3n) is 8.30. The molecule has 3 aromatic carbocycles. The number of hydrogen-bond acceptors (Lipinski definition) is 4. The lowest BCUT2D eigenvalue weighted by atomic mass is 9.94. The molecule has 1 aromatic heterocycles. The van der Waals surface area contributed by atoms with Gasteiger partial charge in [0.2, 0.25) is 0 Å². The first-order chi connectivity index (χ1) is 20.3. The molecule has 2 amide bonds. The van der Waals surface area contributed by atoms with Gasteiger partial charge in [0.25, 0.3) is 11.8 Å². The summed E-state index contributed by atoms with van der Waals surface area (Å²) in [7, 11) is 0. The summed E-state index contributed by atoms with van der Waals surface area (Å²) in [4.78, 5) is 35.1. The molecule has 2 saturated heterocycles. The molecule has 2 fully saturated rings. The van der Waals surface area contributed by atoms with Gasteiger partial charge in [-0.05, 0) is 54.2 Å². The Morgan fingerprint density at radius 3 is 2.12 bits per heavy atom. The Morgan fingerprint density at radius 1 is 0.762 bits per heavy atom. The average molecular weight is 590 g/mol. The van der Waals surface area contributed by atoms with Crippen LogP contribution in [0, 0.1) is 0 Å². The van der Waals surface area contributed by atoms with Crippen molar-refractivity contribution in [1.82, 2.24) is 14.8 Å². The first-order valence-corrected chi connectivity index (χ1v) is 15.0. The number of alkyl halides is 3. The van der Waals surface area contributed by atoms with Gasteiger partial charge in [-0.15, -0.1) is 11.3 Å². The normalized spacial score (nSPS) is 17.9. The van der Waals surface area contributed by atoms with Gasteiger partial charge in [-0.1, -0.05) is 60.7 Å². The summed E-state index contributed by atoms with van der Waals surface area (Å²) in [6.07, 6.45) is -2.01. The van der Waals surface area contributed by atoms with Crippen molar-refractivity contribution in [3.63, 3.8) is 0 Å². The van der Waals surface area contributed by atoms with Crippen molar-refractivity contribution in [2.45, 2.75) is 37.3 Å². The van der Waals surface area contributed by atoms with E-state index in [1.807, 2.05) is 28.5 Å². The topological polar surface area (TPSA) is 53.5 Å². The summed E-state index contributed by atoms with van der Waals surface area (Å²) in [5, 5.41) is 2.78. The van der Waals surface area contributed by atoms with E-state index in [1.165, 1.54) is 29.0 Å². The van der Waals surface area contributed by atoms with Crippen LogP contribution in [0.25, 0.3) is 11.1 Å². The predicted octanol–water partition coefficient (Wildman–Crippen LogP) is 7.48. The minimum Gasteiger partial charge on any atom is -0.339 e. The van der Waals surface area contributed by atoms with Gasteiger partial charge in [0, 0.05) is 49.0 Å². The molecular weight excluding hydrogens is 559 g/mol. The summed E-state index contributed by atoms with van der Waals surface area (Å²) in [6, 6.07) is 22.2. The van der Waals surface area contributed by atoms with Gasteiger partial charge < -0.3 is 9.80 Å². The van der Waals surface area contributed by atoms with Crippen molar-refractivity contribution < 1.29 is 22.8 Å². The quantitative estimate of drug-likeness (QED) is 0.243. The number of hydrogen-bond donors (Lipinski definition) is 0. The lowest BCUT2D eigenvalue weighted by molar-refractivity contribution is -0.137. The van der Waals surface area contributed by atoms with E-state index in [9.17, 15) is 22.8 Å². The number of likely N-dealkylation sites (tertiary alicyclic amines) is 2. The van der Waals surface area contributed by atoms with Crippen molar-refractivity contribution in [3.8, 4) is 11.1 Å². The van der Waals surface area contributed by atoms with Crippen LogP contribution >= 0.6 is 11.3 Å². The summed E-state index contributed by atoms with van der Waals surface area (Å²) in [5.41, 5.74) is 2.67. The van der Waals surface area contributed by atoms with E-state index in [1.54, 1.807) is 29.2 Å². The highest BCUT2D eigenvalue weighted by Crippen LogP contribution is 2.35. The molecule has 4 aromatic rings. The molecule has 2 aliphatic rings. The summed E-state index contributed by atoms with van der Waals surface area (Å²) in [5.74, 6) is 0.352. The second-order valence-electron chi connectivity index (χ2n) is 10.9. The molecule has 0 radical (unpaired) electrons. The molecule has 0 aliphatic carbocycles. The van der Waals surface area contributed by atoms with Crippen LogP contribution in [0.2, 0.25) is 0 Å². The average Bonchev–Trinajstić information content (AvgIpc) is 3.72. The maximum Gasteiger partial charge on any atom is 0.416 e. The smallest absolute Gasteiger partial charge is 0.339 e. The highest BCUT2D eigenvalue weighted by molar-refractivity contribution is 7.09. The summed E-state index contributed by atoms with van der Waals surface area (Å²) >= 11 is 1.51. The maximum atomic E-state index is 13.5. The lowest BCUT2D eigenvalue weighted by Crippen LogP contribution is -2.38. The number of amides is 2. The molecule has 5 nitrogen and oxygen atoms in total. The molecule has 9 heteroatoms. The Labute approximate surface area is 246 Å². The first kappa shape index (κ1) is 28.2. The van der Waals surface area contributed by atoms with Crippen LogP contribution in [-0.4, -0.2) is 52.8 Å². The van der Waals surface area contributed by atoms with E-state index in [2.05, 4.69) is 12.1 Å². The van der Waals surface area contributed by atoms with Gasteiger partial charge in [0.1, 0.15) is 5.69 Å². The number of carbonyl (C=O) groups is 2. The number of aromatic nitrogens is 1. The zero-order valence-corrected chi connectivity index (χ0v) is 23.7. The highest BCUT2D eigenvalue weighted by atomic mass is 32.1. The molecule has 0 spiro atoms. The third kappa shape index (κ3) is 5.83. The van der Waals surface area contributed by atoms with Gasteiger partial charge >= 0.3 is 6.18 Å². The van der Waals surface area contributed by atoms with Crippen molar-refractivity contribution in [2.24, 2.45) is 0 Å². The van der Waals surface area contributed by atoms with E-state index < -0.39 is 11.7 Å². The van der Waals surface area contributed by atoms with Crippen LogP contribution in [0.3, 0.4) is 0 Å². The molecule has 1 atom stereocenters. The minimum atomic E-state index is -4.41. The number of benzene rings is 3. The number of halogens is 3. The second kappa shape index (κ2) is 11.7. The zero-order chi connectivity index (χ0) is 29.3. The Balaban J connectivity index is 1.08. The van der Waals surface area contributed by atoms with Gasteiger partial charge in [-0.3, -0.25) is 9.59 Å². The van der Waals surface area contributed by atoms with Crippen LogP contribution in [0.1, 0.15) is 68.1 Å². The SMILES string of the molecule is O=C(c1csc(C2CCN(C(=O)c3ccccc3-c3ccc(C(F)(F)F)cc3)CC2)n1)N1CCC(c2ccccc2)C1. The lowest BCUT2D eigenvalue weighted by Gasteiger charge is -2.31. The molecule has 6 rings (SSSR count). The van der Waals surface area contributed by atoms with E-state index in [4.69, 9.17) is 4.98 Å². The maximum absolute atomic E-state index is 13.5. The summed E-state index contributed by atoms with van der Waals surface area (Å²) in [6.45, 7) is 2.50. The molecule has 3 heterocycles. The molecule has 0 bridgehead atoms. The number of nitrogens with zero attached hydrogens (tertiary/aromatic N) is 3. The van der Waals surface area contributed by atoms with Crippen LogP contribution in [0.4, 0.5) is 13.2 Å². The molecular formula is C33H30F3N3O2S. The zero-order valence-electron chi connectivity index (χ0n) is 22.9. The van der Waals surface area contributed by atoms with Crippen LogP contribution in [-0.2, 0) is 6.18 Å². The van der Waals surface area contributed by atoms with Crippen LogP contribution in [0.5, 0.6) is 0 Å². The van der Waals surface area contributed by atoms with Crippen molar-refractivity contribution in [3.05, 3.63) is 112 Å². The Kier molecular flexibility index (Phi) is 7.86. The van der Waals surface area contributed by atoms with E-state index in [-0.39, 0.29) is 17.7 Å². The molecule has 1 unspecified atom stereocenters. The Morgan fingerprint density at radius 2 is 1.40 bits per heavy atom. The predicted molar refractivity (Wildman–Crippen MR) is 157 cm³/mol. The van der Waals surface area contributed by atoms with Gasteiger partial charge in [0.15, 0.2) is 0 Å². The molecule has 216 valence electrons. The third-order valence-corrected chi connectivity index (χ3v) is 9.31.